The first-order valence-electron chi connectivity index (χ1n) is 13.3. The number of hydrogen-bond donors (Lipinski definition) is 1. The molecule has 0 fully saturated rings. The van der Waals surface area contributed by atoms with Crippen LogP contribution in [0.15, 0.2) is 53.5 Å². The zero-order chi connectivity index (χ0) is 28.1. The van der Waals surface area contributed by atoms with Gasteiger partial charge in [-0.05, 0) is 48.2 Å². The SMILES string of the molecule is COC(=O)N1CCc2cc(Nc3ncc4c(=O)n5n(c4n3)-c3ccc4c(n3)N(CCC=CC5)C(=O)CO4)ccc2C1. The van der Waals surface area contributed by atoms with Gasteiger partial charge < -0.3 is 19.7 Å². The highest BCUT2D eigenvalue weighted by Gasteiger charge is 2.28. The molecule has 6 heterocycles. The number of allylic oxidation sites excluding steroid dienone is 1. The van der Waals surface area contributed by atoms with Crippen LogP contribution in [0.4, 0.5) is 22.2 Å². The van der Waals surface area contributed by atoms with E-state index in [2.05, 4.69) is 10.3 Å². The number of hydrogen-bond acceptors (Lipinski definition) is 9. The summed E-state index contributed by atoms with van der Waals surface area (Å²) in [6, 6.07) is 9.41. The standard InChI is InChI=1S/C28H26N8O5/c1-40-28(39)33-12-9-17-13-19(6-5-18(17)15-33)30-27-29-14-20-24(32-27)36-22-8-7-21-25(31-22)34(23(37)16-41-21)10-3-2-4-11-35(36)26(20)38/h2,4-8,13-14H,3,9-12,15-16H2,1H3,(H,29,30,32). The van der Waals surface area contributed by atoms with Gasteiger partial charge in [0.1, 0.15) is 5.39 Å². The number of carbonyl (C=O) groups is 2. The van der Waals surface area contributed by atoms with Crippen LogP contribution in [-0.2, 0) is 29.0 Å². The molecule has 7 rings (SSSR count). The minimum atomic E-state index is -0.338. The second-order valence-corrected chi connectivity index (χ2v) is 9.97. The number of benzene rings is 1. The number of amides is 2. The summed E-state index contributed by atoms with van der Waals surface area (Å²) in [5.74, 6) is 1.51. The fourth-order valence-electron chi connectivity index (χ4n) is 5.44. The van der Waals surface area contributed by atoms with Gasteiger partial charge in [0.05, 0.1) is 13.7 Å². The molecule has 1 N–H and O–H groups in total. The Morgan fingerprint density at radius 3 is 2.85 bits per heavy atom. The van der Waals surface area contributed by atoms with Gasteiger partial charge in [0, 0.05) is 31.5 Å². The lowest BCUT2D eigenvalue weighted by atomic mass is 9.99. The fourth-order valence-corrected chi connectivity index (χ4v) is 5.44. The molecule has 0 spiro atoms. The highest BCUT2D eigenvalue weighted by atomic mass is 16.5. The molecule has 2 amide bonds. The Labute approximate surface area is 233 Å². The Morgan fingerprint density at radius 2 is 1.98 bits per heavy atom. The van der Waals surface area contributed by atoms with Crippen LogP contribution in [0.25, 0.3) is 16.9 Å². The molecule has 13 heteroatoms. The first-order valence-corrected chi connectivity index (χ1v) is 13.3. The maximum Gasteiger partial charge on any atom is 0.409 e. The molecule has 2 bridgehead atoms. The van der Waals surface area contributed by atoms with Crippen LogP contribution in [0.2, 0.25) is 0 Å². The van der Waals surface area contributed by atoms with Crippen molar-refractivity contribution in [3.05, 3.63) is 70.2 Å². The first kappa shape index (κ1) is 24.8. The lowest BCUT2D eigenvalue weighted by Crippen LogP contribution is -2.40. The number of nitrogens with zero attached hydrogens (tertiary/aromatic N) is 7. The molecule has 0 saturated carbocycles. The van der Waals surface area contributed by atoms with Gasteiger partial charge in [-0.2, -0.15) is 4.98 Å². The molecule has 0 unspecified atom stereocenters. The lowest BCUT2D eigenvalue weighted by Gasteiger charge is -2.28. The van der Waals surface area contributed by atoms with Crippen molar-refractivity contribution in [1.29, 1.82) is 0 Å². The Hall–Kier alpha value is -5.20. The zero-order valence-corrected chi connectivity index (χ0v) is 22.2. The molecule has 13 nitrogen and oxygen atoms in total. The van der Waals surface area contributed by atoms with Crippen LogP contribution < -0.4 is 20.5 Å². The molecule has 0 aliphatic carbocycles. The lowest BCUT2D eigenvalue weighted by molar-refractivity contribution is -0.121. The van der Waals surface area contributed by atoms with Crippen molar-refractivity contribution in [3.63, 3.8) is 0 Å². The predicted octanol–water partition coefficient (Wildman–Crippen LogP) is 2.53. The molecule has 3 aliphatic rings. The quantitative estimate of drug-likeness (QED) is 0.371. The number of anilines is 3. The predicted molar refractivity (Wildman–Crippen MR) is 149 cm³/mol. The van der Waals surface area contributed by atoms with E-state index in [-0.39, 0.29) is 24.2 Å². The van der Waals surface area contributed by atoms with E-state index in [1.54, 1.807) is 31.3 Å². The molecule has 3 aromatic heterocycles. The van der Waals surface area contributed by atoms with Crippen molar-refractivity contribution in [2.24, 2.45) is 0 Å². The summed E-state index contributed by atoms with van der Waals surface area (Å²) in [5, 5.41) is 3.60. The third kappa shape index (κ3) is 4.26. The van der Waals surface area contributed by atoms with E-state index in [4.69, 9.17) is 19.4 Å². The number of rotatable bonds is 2. The maximum absolute atomic E-state index is 13.4. The Balaban J connectivity index is 1.28. The van der Waals surface area contributed by atoms with Crippen molar-refractivity contribution in [1.82, 2.24) is 29.2 Å². The summed E-state index contributed by atoms with van der Waals surface area (Å²) in [4.78, 5) is 55.2. The van der Waals surface area contributed by atoms with Crippen molar-refractivity contribution < 1.29 is 19.1 Å². The van der Waals surface area contributed by atoms with E-state index < -0.39 is 0 Å². The average Bonchev–Trinajstić information content (AvgIpc) is 3.25. The second-order valence-electron chi connectivity index (χ2n) is 9.97. The van der Waals surface area contributed by atoms with Crippen LogP contribution >= 0.6 is 0 Å². The normalized spacial score (nSPS) is 16.0. The number of aromatic nitrogens is 5. The number of fused-ring (bicyclic) bond motifs is 6. The van der Waals surface area contributed by atoms with Crippen LogP contribution in [-0.4, -0.2) is 68.0 Å². The van der Waals surface area contributed by atoms with Gasteiger partial charge in [-0.1, -0.05) is 18.2 Å². The highest BCUT2D eigenvalue weighted by Crippen LogP contribution is 2.32. The van der Waals surface area contributed by atoms with Gasteiger partial charge in [-0.15, -0.1) is 0 Å². The van der Waals surface area contributed by atoms with Crippen LogP contribution in [0, 0.1) is 0 Å². The molecule has 1 aromatic carbocycles. The number of pyridine rings is 1. The van der Waals surface area contributed by atoms with Crippen molar-refractivity contribution >= 4 is 40.5 Å². The Morgan fingerprint density at radius 1 is 1.07 bits per heavy atom. The largest absolute Gasteiger partial charge is 0.480 e. The summed E-state index contributed by atoms with van der Waals surface area (Å²) in [7, 11) is 1.38. The van der Waals surface area contributed by atoms with Gasteiger partial charge in [-0.3, -0.25) is 14.5 Å². The Kier molecular flexibility index (Phi) is 5.91. The minimum absolute atomic E-state index is 0.0383. The number of ether oxygens (including phenoxy) is 2. The molecule has 4 aromatic rings. The van der Waals surface area contributed by atoms with Crippen molar-refractivity contribution in [3.8, 4) is 11.6 Å². The van der Waals surface area contributed by atoms with Gasteiger partial charge in [-0.25, -0.2) is 24.1 Å². The third-order valence-corrected chi connectivity index (χ3v) is 7.50. The van der Waals surface area contributed by atoms with Gasteiger partial charge >= 0.3 is 6.09 Å². The molecule has 0 atom stereocenters. The van der Waals surface area contributed by atoms with E-state index in [0.29, 0.717) is 73.4 Å². The molecule has 0 radical (unpaired) electrons. The smallest absolute Gasteiger partial charge is 0.409 e. The summed E-state index contributed by atoms with van der Waals surface area (Å²) in [6.45, 7) is 1.78. The van der Waals surface area contributed by atoms with E-state index in [9.17, 15) is 14.4 Å². The molecule has 3 aliphatic heterocycles. The fraction of sp³-hybridized carbons (Fsp3) is 0.286. The molecule has 41 heavy (non-hydrogen) atoms. The van der Waals surface area contributed by atoms with Gasteiger partial charge in [0.2, 0.25) is 5.95 Å². The van der Waals surface area contributed by atoms with E-state index >= 15 is 0 Å². The second kappa shape index (κ2) is 9.77. The van der Waals surface area contributed by atoms with Crippen LogP contribution in [0.5, 0.6) is 5.75 Å². The van der Waals surface area contributed by atoms with Crippen molar-refractivity contribution in [2.75, 3.05) is 37.0 Å². The van der Waals surface area contributed by atoms with Crippen LogP contribution in [0.3, 0.4) is 0 Å². The monoisotopic (exact) mass is 554 g/mol. The molecular weight excluding hydrogens is 528 g/mol. The number of methoxy groups -OCH3 is 1. The summed E-state index contributed by atoms with van der Waals surface area (Å²) < 4.78 is 13.7. The summed E-state index contributed by atoms with van der Waals surface area (Å²) >= 11 is 0. The molecule has 208 valence electrons. The number of carbonyl (C=O) groups excluding carboxylic acids is 2. The summed E-state index contributed by atoms with van der Waals surface area (Å²) in [5.41, 5.74) is 3.10. The average molecular weight is 555 g/mol. The third-order valence-electron chi connectivity index (χ3n) is 7.50. The molecular formula is C28H26N8O5. The summed E-state index contributed by atoms with van der Waals surface area (Å²) in [6.07, 6.45) is 6.33. The topological polar surface area (TPSA) is 137 Å². The maximum atomic E-state index is 13.4. The van der Waals surface area contributed by atoms with Gasteiger partial charge in [0.25, 0.3) is 11.5 Å². The minimum Gasteiger partial charge on any atom is -0.480 e. The van der Waals surface area contributed by atoms with E-state index in [1.807, 2.05) is 30.4 Å². The van der Waals surface area contributed by atoms with E-state index in [0.717, 1.165) is 16.8 Å². The van der Waals surface area contributed by atoms with Crippen LogP contribution in [0.1, 0.15) is 17.5 Å². The van der Waals surface area contributed by atoms with E-state index in [1.165, 1.54) is 13.3 Å². The Bertz CT molecular complexity index is 1810. The van der Waals surface area contributed by atoms with Gasteiger partial charge in [0.15, 0.2) is 29.6 Å². The number of nitrogens with one attached hydrogen (secondary N) is 1. The van der Waals surface area contributed by atoms with Crippen molar-refractivity contribution in [2.45, 2.75) is 25.9 Å². The molecule has 0 saturated heterocycles. The highest BCUT2D eigenvalue weighted by molar-refractivity contribution is 5.96. The zero-order valence-electron chi connectivity index (χ0n) is 22.2. The first-order chi connectivity index (χ1) is 20.0.